The summed E-state index contributed by atoms with van der Waals surface area (Å²) in [5.41, 5.74) is 0. The molecule has 0 aliphatic heterocycles. The topological polar surface area (TPSA) is 65.5 Å². The van der Waals surface area contributed by atoms with Crippen LogP contribution in [0.2, 0.25) is 0 Å². The van der Waals surface area contributed by atoms with Crippen molar-refractivity contribution in [1.82, 2.24) is 4.98 Å². The fourth-order valence-corrected chi connectivity index (χ4v) is 2.17. The molecule has 1 heterocycles. The number of nitrogens with zero attached hydrogens (tertiary/aromatic N) is 1. The zero-order valence-corrected chi connectivity index (χ0v) is 11.5. The number of methoxy groups -OCH3 is 1. The Morgan fingerprint density at radius 2 is 1.84 bits per heavy atom. The van der Waals surface area contributed by atoms with E-state index >= 15 is 0 Å². The highest BCUT2D eigenvalue weighted by Crippen LogP contribution is 2.30. The quantitative estimate of drug-likeness (QED) is 0.812. The highest BCUT2D eigenvalue weighted by Gasteiger charge is 2.12. The first-order valence-corrected chi connectivity index (χ1v) is 7.53. The lowest BCUT2D eigenvalue weighted by Gasteiger charge is -2.09. The summed E-state index contributed by atoms with van der Waals surface area (Å²) in [6.07, 6.45) is 1.31. The van der Waals surface area contributed by atoms with E-state index in [9.17, 15) is 8.42 Å². The van der Waals surface area contributed by atoms with Gasteiger partial charge in [-0.25, -0.2) is 13.4 Å². The lowest BCUT2D eigenvalue weighted by atomic mass is 10.3. The summed E-state index contributed by atoms with van der Waals surface area (Å²) >= 11 is 0. The summed E-state index contributed by atoms with van der Waals surface area (Å²) in [7, 11) is 2.95. The van der Waals surface area contributed by atoms with Gasteiger partial charge in [0.2, 0.25) is 5.88 Å². The maximum atomic E-state index is 11.2. The highest BCUT2D eigenvalue weighted by molar-refractivity contribution is 8.13. The van der Waals surface area contributed by atoms with Crippen molar-refractivity contribution in [2.24, 2.45) is 0 Å². The second-order valence-electron chi connectivity index (χ2n) is 3.52. The number of aromatic nitrogens is 1. The number of para-hydroxylation sites is 2. The maximum absolute atomic E-state index is 11.2. The Bertz CT molecular complexity index is 688. The molecule has 0 unspecified atom stereocenters. The Kier molecular flexibility index (Phi) is 3.92. The van der Waals surface area contributed by atoms with E-state index in [-0.39, 0.29) is 10.8 Å². The number of rotatable bonds is 4. The molecule has 7 heteroatoms. The minimum Gasteiger partial charge on any atom is -0.493 e. The number of hydrogen-bond acceptors (Lipinski definition) is 5. The van der Waals surface area contributed by atoms with E-state index in [1.165, 1.54) is 25.4 Å². The lowest BCUT2D eigenvalue weighted by Crippen LogP contribution is -1.95. The van der Waals surface area contributed by atoms with Gasteiger partial charge in [0.1, 0.15) is 0 Å². The van der Waals surface area contributed by atoms with Gasteiger partial charge >= 0.3 is 0 Å². The second-order valence-corrected chi connectivity index (χ2v) is 6.09. The van der Waals surface area contributed by atoms with Crippen LogP contribution in [0.15, 0.2) is 47.5 Å². The monoisotopic (exact) mass is 299 g/mol. The standard InChI is InChI=1S/C12H10ClNO4S/c1-17-10-4-2-3-5-11(10)18-12-8-9(6-7-14-12)19(13,15)16/h2-8H,1H3. The van der Waals surface area contributed by atoms with Gasteiger partial charge in [-0.2, -0.15) is 0 Å². The predicted molar refractivity (Wildman–Crippen MR) is 70.3 cm³/mol. The molecule has 0 radical (unpaired) electrons. The fraction of sp³-hybridized carbons (Fsp3) is 0.0833. The van der Waals surface area contributed by atoms with Gasteiger partial charge in [-0.3, -0.25) is 0 Å². The van der Waals surface area contributed by atoms with Gasteiger partial charge in [-0.1, -0.05) is 12.1 Å². The molecule has 0 spiro atoms. The molecule has 0 amide bonds. The summed E-state index contributed by atoms with van der Waals surface area (Å²) in [5.74, 6) is 1.07. The van der Waals surface area contributed by atoms with Crippen molar-refractivity contribution in [2.45, 2.75) is 4.90 Å². The smallest absolute Gasteiger partial charge is 0.261 e. The van der Waals surface area contributed by atoms with Crippen molar-refractivity contribution in [2.75, 3.05) is 7.11 Å². The molecule has 100 valence electrons. The van der Waals surface area contributed by atoms with Gasteiger partial charge in [-0.15, -0.1) is 0 Å². The summed E-state index contributed by atoms with van der Waals surface area (Å²) in [6, 6.07) is 9.49. The largest absolute Gasteiger partial charge is 0.493 e. The summed E-state index contributed by atoms with van der Waals surface area (Å²) < 4.78 is 33.0. The third kappa shape index (κ3) is 3.36. The van der Waals surface area contributed by atoms with E-state index in [1.807, 2.05) is 0 Å². The number of benzene rings is 1. The summed E-state index contributed by atoms with van der Waals surface area (Å²) in [4.78, 5) is 3.85. The van der Waals surface area contributed by atoms with E-state index in [4.69, 9.17) is 20.2 Å². The van der Waals surface area contributed by atoms with Crippen LogP contribution >= 0.6 is 10.7 Å². The molecule has 0 saturated heterocycles. The van der Waals surface area contributed by atoms with Gasteiger partial charge in [0.25, 0.3) is 9.05 Å². The molecule has 2 aromatic rings. The number of pyridine rings is 1. The summed E-state index contributed by atoms with van der Waals surface area (Å²) in [6.45, 7) is 0. The fourth-order valence-electron chi connectivity index (χ4n) is 1.41. The third-order valence-corrected chi connectivity index (χ3v) is 3.62. The van der Waals surface area contributed by atoms with Crippen molar-refractivity contribution < 1.29 is 17.9 Å². The van der Waals surface area contributed by atoms with Crippen LogP contribution in [0.3, 0.4) is 0 Å². The molecule has 2 rings (SSSR count). The first kappa shape index (κ1) is 13.6. The van der Waals surface area contributed by atoms with E-state index in [2.05, 4.69) is 4.98 Å². The van der Waals surface area contributed by atoms with Crippen LogP contribution in [-0.2, 0) is 9.05 Å². The number of ether oxygens (including phenoxy) is 2. The van der Waals surface area contributed by atoms with Gasteiger partial charge in [-0.05, 0) is 18.2 Å². The van der Waals surface area contributed by atoms with Crippen LogP contribution in [0.4, 0.5) is 0 Å². The average molecular weight is 300 g/mol. The van der Waals surface area contributed by atoms with Crippen LogP contribution in [0.25, 0.3) is 0 Å². The van der Waals surface area contributed by atoms with Crippen molar-refractivity contribution in [3.8, 4) is 17.4 Å². The number of hydrogen-bond donors (Lipinski definition) is 0. The van der Waals surface area contributed by atoms with Crippen LogP contribution in [0.5, 0.6) is 17.4 Å². The van der Waals surface area contributed by atoms with E-state index < -0.39 is 9.05 Å². The first-order valence-electron chi connectivity index (χ1n) is 5.22. The molecule has 19 heavy (non-hydrogen) atoms. The molecule has 0 fully saturated rings. The van der Waals surface area contributed by atoms with Crippen LogP contribution in [0.1, 0.15) is 0 Å². The highest BCUT2D eigenvalue weighted by atomic mass is 35.7. The zero-order chi connectivity index (χ0) is 13.9. The van der Waals surface area contributed by atoms with Crippen LogP contribution in [0, 0.1) is 0 Å². The Morgan fingerprint density at radius 3 is 2.47 bits per heavy atom. The molecule has 1 aromatic carbocycles. The molecular weight excluding hydrogens is 290 g/mol. The van der Waals surface area contributed by atoms with Crippen molar-refractivity contribution in [3.63, 3.8) is 0 Å². The normalized spacial score (nSPS) is 11.1. The first-order chi connectivity index (χ1) is 9.00. The van der Waals surface area contributed by atoms with Gasteiger partial charge < -0.3 is 9.47 Å². The molecule has 0 aliphatic carbocycles. The van der Waals surface area contributed by atoms with E-state index in [1.54, 1.807) is 24.3 Å². The predicted octanol–water partition coefficient (Wildman–Crippen LogP) is 2.81. The minimum absolute atomic E-state index is 0.0749. The third-order valence-electron chi connectivity index (χ3n) is 2.27. The van der Waals surface area contributed by atoms with E-state index in [0.717, 1.165) is 0 Å². The van der Waals surface area contributed by atoms with Crippen LogP contribution < -0.4 is 9.47 Å². The molecule has 0 bridgehead atoms. The molecule has 0 N–H and O–H groups in total. The van der Waals surface area contributed by atoms with Crippen molar-refractivity contribution >= 4 is 19.7 Å². The zero-order valence-electron chi connectivity index (χ0n) is 9.91. The Labute approximate surface area is 115 Å². The molecule has 0 atom stereocenters. The molecule has 1 aromatic heterocycles. The number of halogens is 1. The maximum Gasteiger partial charge on any atom is 0.261 e. The molecular formula is C12H10ClNO4S. The molecule has 0 aliphatic rings. The van der Waals surface area contributed by atoms with Crippen molar-refractivity contribution in [1.29, 1.82) is 0 Å². The Morgan fingerprint density at radius 1 is 1.16 bits per heavy atom. The summed E-state index contributed by atoms with van der Waals surface area (Å²) in [5, 5.41) is 0. The molecule has 5 nitrogen and oxygen atoms in total. The van der Waals surface area contributed by atoms with Gasteiger partial charge in [0.15, 0.2) is 11.5 Å². The Balaban J connectivity index is 2.34. The second kappa shape index (κ2) is 5.46. The molecule has 0 saturated carbocycles. The van der Waals surface area contributed by atoms with Crippen LogP contribution in [-0.4, -0.2) is 20.5 Å². The van der Waals surface area contributed by atoms with E-state index in [0.29, 0.717) is 11.5 Å². The van der Waals surface area contributed by atoms with Crippen molar-refractivity contribution in [3.05, 3.63) is 42.6 Å². The minimum atomic E-state index is -3.81. The average Bonchev–Trinajstić information content (AvgIpc) is 2.39. The lowest BCUT2D eigenvalue weighted by molar-refractivity contribution is 0.374. The van der Waals surface area contributed by atoms with Gasteiger partial charge in [0, 0.05) is 22.9 Å². The SMILES string of the molecule is COc1ccccc1Oc1cc(S(=O)(=O)Cl)ccn1. The Hall–Kier alpha value is -1.79. The van der Waals surface area contributed by atoms with Gasteiger partial charge in [0.05, 0.1) is 12.0 Å².